The Labute approximate surface area is 168 Å². The van der Waals surface area contributed by atoms with Gasteiger partial charge in [0.1, 0.15) is 23.1 Å². The second kappa shape index (κ2) is 9.45. The fourth-order valence-electron chi connectivity index (χ4n) is 2.65. The Hall–Kier alpha value is -2.74. The lowest BCUT2D eigenvalue weighted by atomic mass is 10.1. The SMILES string of the molecule is CCCCc1nnc(NC(=O)Cc2ccc(OCc3c(C)noc3C)cc2)s1. The number of hydrogen-bond donors (Lipinski definition) is 1. The van der Waals surface area contributed by atoms with Gasteiger partial charge in [-0.25, -0.2) is 0 Å². The van der Waals surface area contributed by atoms with Crippen LogP contribution in [0, 0.1) is 13.8 Å². The summed E-state index contributed by atoms with van der Waals surface area (Å²) in [7, 11) is 0. The van der Waals surface area contributed by atoms with Gasteiger partial charge in [-0.1, -0.05) is 42.0 Å². The number of ether oxygens (including phenoxy) is 1. The summed E-state index contributed by atoms with van der Waals surface area (Å²) in [6, 6.07) is 7.48. The van der Waals surface area contributed by atoms with Gasteiger partial charge in [0.2, 0.25) is 11.0 Å². The molecule has 148 valence electrons. The first-order chi connectivity index (χ1) is 13.5. The topological polar surface area (TPSA) is 90.1 Å². The number of carbonyl (C=O) groups excluding carboxylic acids is 1. The summed E-state index contributed by atoms with van der Waals surface area (Å²) in [5.41, 5.74) is 2.69. The van der Waals surface area contributed by atoms with Gasteiger partial charge in [0, 0.05) is 6.42 Å². The fourth-order valence-corrected chi connectivity index (χ4v) is 3.45. The number of nitrogens with zero attached hydrogens (tertiary/aromatic N) is 3. The number of nitrogens with one attached hydrogen (secondary N) is 1. The molecule has 7 nitrogen and oxygen atoms in total. The number of carbonyl (C=O) groups is 1. The Bertz CT molecular complexity index is 898. The maximum absolute atomic E-state index is 12.2. The minimum absolute atomic E-state index is 0.109. The molecule has 3 aromatic rings. The molecule has 0 radical (unpaired) electrons. The molecule has 1 aromatic carbocycles. The smallest absolute Gasteiger partial charge is 0.230 e. The van der Waals surface area contributed by atoms with Crippen molar-refractivity contribution in [2.75, 3.05) is 5.32 Å². The van der Waals surface area contributed by atoms with E-state index in [1.165, 1.54) is 11.3 Å². The molecule has 3 rings (SSSR count). The monoisotopic (exact) mass is 400 g/mol. The van der Waals surface area contributed by atoms with Gasteiger partial charge in [-0.3, -0.25) is 4.79 Å². The van der Waals surface area contributed by atoms with Gasteiger partial charge in [-0.2, -0.15) is 0 Å². The van der Waals surface area contributed by atoms with Crippen LogP contribution in [0.25, 0.3) is 0 Å². The zero-order valence-corrected chi connectivity index (χ0v) is 17.1. The van der Waals surface area contributed by atoms with E-state index in [1.807, 2.05) is 38.1 Å². The molecule has 1 N–H and O–H groups in total. The number of hydrogen-bond acceptors (Lipinski definition) is 7. The first-order valence-corrected chi connectivity index (χ1v) is 10.1. The molecule has 8 heteroatoms. The van der Waals surface area contributed by atoms with E-state index in [0.29, 0.717) is 11.7 Å². The molecule has 0 unspecified atom stereocenters. The number of aryl methyl sites for hydroxylation is 3. The van der Waals surface area contributed by atoms with Gasteiger partial charge in [0.15, 0.2) is 0 Å². The van der Waals surface area contributed by atoms with Gasteiger partial charge in [0.25, 0.3) is 0 Å². The lowest BCUT2D eigenvalue weighted by Gasteiger charge is -2.07. The molecule has 2 heterocycles. The summed E-state index contributed by atoms with van der Waals surface area (Å²) in [5.74, 6) is 1.39. The van der Waals surface area contributed by atoms with Crippen LogP contribution >= 0.6 is 11.3 Å². The third-order valence-electron chi connectivity index (χ3n) is 4.31. The summed E-state index contributed by atoms with van der Waals surface area (Å²) in [5, 5.41) is 16.4. The summed E-state index contributed by atoms with van der Waals surface area (Å²) in [6.45, 7) is 6.29. The summed E-state index contributed by atoms with van der Waals surface area (Å²) < 4.78 is 10.9. The van der Waals surface area contributed by atoms with Crippen molar-refractivity contribution in [1.82, 2.24) is 15.4 Å². The molecule has 0 bridgehead atoms. The highest BCUT2D eigenvalue weighted by molar-refractivity contribution is 7.15. The third kappa shape index (κ3) is 5.39. The molecule has 2 aromatic heterocycles. The molecule has 0 spiro atoms. The van der Waals surface area contributed by atoms with Gasteiger partial charge in [0.05, 0.1) is 17.7 Å². The van der Waals surface area contributed by atoms with E-state index >= 15 is 0 Å². The van der Waals surface area contributed by atoms with Crippen LogP contribution in [-0.2, 0) is 24.2 Å². The van der Waals surface area contributed by atoms with Crippen molar-refractivity contribution in [1.29, 1.82) is 0 Å². The molecule has 0 saturated carbocycles. The van der Waals surface area contributed by atoms with Gasteiger partial charge in [-0.05, 0) is 38.0 Å². The molecule has 0 atom stereocenters. The largest absolute Gasteiger partial charge is 0.489 e. The first-order valence-electron chi connectivity index (χ1n) is 9.31. The van der Waals surface area contributed by atoms with Crippen LogP contribution in [0.5, 0.6) is 5.75 Å². The zero-order chi connectivity index (χ0) is 19.9. The third-order valence-corrected chi connectivity index (χ3v) is 5.21. The first kappa shape index (κ1) is 20.0. The summed E-state index contributed by atoms with van der Waals surface area (Å²) >= 11 is 1.43. The minimum atomic E-state index is -0.109. The highest BCUT2D eigenvalue weighted by Gasteiger charge is 2.11. The molecule has 0 aliphatic carbocycles. The van der Waals surface area contributed by atoms with Crippen molar-refractivity contribution in [3.63, 3.8) is 0 Å². The number of anilines is 1. The van der Waals surface area contributed by atoms with Gasteiger partial charge < -0.3 is 14.6 Å². The van der Waals surface area contributed by atoms with Crippen LogP contribution < -0.4 is 10.1 Å². The van der Waals surface area contributed by atoms with E-state index in [4.69, 9.17) is 9.26 Å². The predicted octanol–water partition coefficient (Wildman–Crippen LogP) is 4.25. The summed E-state index contributed by atoms with van der Waals surface area (Å²) in [4.78, 5) is 12.2. The van der Waals surface area contributed by atoms with Crippen LogP contribution in [0.3, 0.4) is 0 Å². The highest BCUT2D eigenvalue weighted by Crippen LogP contribution is 2.19. The second-order valence-corrected chi connectivity index (χ2v) is 7.63. The highest BCUT2D eigenvalue weighted by atomic mass is 32.1. The molecule has 1 amide bonds. The van der Waals surface area contributed by atoms with E-state index in [2.05, 4.69) is 27.6 Å². The number of benzene rings is 1. The van der Waals surface area contributed by atoms with Crippen molar-refractivity contribution in [3.05, 3.63) is 51.9 Å². The fraction of sp³-hybridized carbons (Fsp3) is 0.400. The van der Waals surface area contributed by atoms with Crippen LogP contribution in [-0.4, -0.2) is 21.3 Å². The van der Waals surface area contributed by atoms with Crippen LogP contribution in [0.15, 0.2) is 28.8 Å². The van der Waals surface area contributed by atoms with Crippen molar-refractivity contribution < 1.29 is 14.1 Å². The average molecular weight is 401 g/mol. The predicted molar refractivity (Wildman–Crippen MR) is 108 cm³/mol. The van der Waals surface area contributed by atoms with Crippen molar-refractivity contribution in [2.45, 2.75) is 53.1 Å². The van der Waals surface area contributed by atoms with Crippen LogP contribution in [0.4, 0.5) is 5.13 Å². The lowest BCUT2D eigenvalue weighted by Crippen LogP contribution is -2.14. The van der Waals surface area contributed by atoms with E-state index in [-0.39, 0.29) is 12.3 Å². The molecule has 28 heavy (non-hydrogen) atoms. The van der Waals surface area contributed by atoms with E-state index in [1.54, 1.807) is 0 Å². The zero-order valence-electron chi connectivity index (χ0n) is 16.3. The van der Waals surface area contributed by atoms with Gasteiger partial charge >= 0.3 is 0 Å². The quantitative estimate of drug-likeness (QED) is 0.578. The molecular weight excluding hydrogens is 376 g/mol. The van der Waals surface area contributed by atoms with E-state index in [9.17, 15) is 4.79 Å². The van der Waals surface area contributed by atoms with E-state index in [0.717, 1.165) is 52.6 Å². The number of amides is 1. The van der Waals surface area contributed by atoms with E-state index < -0.39 is 0 Å². The Morgan fingerprint density at radius 3 is 2.68 bits per heavy atom. The van der Waals surface area contributed by atoms with Gasteiger partial charge in [-0.15, -0.1) is 10.2 Å². The van der Waals surface area contributed by atoms with Crippen LogP contribution in [0.1, 0.15) is 47.4 Å². The number of aromatic nitrogens is 3. The molecule has 0 fully saturated rings. The Morgan fingerprint density at radius 1 is 1.21 bits per heavy atom. The molecule has 0 saturated heterocycles. The minimum Gasteiger partial charge on any atom is -0.489 e. The number of rotatable bonds is 9. The van der Waals surface area contributed by atoms with Crippen LogP contribution in [0.2, 0.25) is 0 Å². The maximum Gasteiger partial charge on any atom is 0.230 e. The second-order valence-electron chi connectivity index (χ2n) is 6.56. The standard InChI is InChI=1S/C20H24N4O3S/c1-4-5-6-19-22-23-20(28-19)21-18(25)11-15-7-9-16(10-8-15)26-12-17-13(2)24-27-14(17)3/h7-10H,4-6,11-12H2,1-3H3,(H,21,23,25). The molecular formula is C20H24N4O3S. The van der Waals surface area contributed by atoms with Crippen molar-refractivity contribution in [2.24, 2.45) is 0 Å². The Balaban J connectivity index is 1.49. The average Bonchev–Trinajstić information content (AvgIpc) is 3.25. The van der Waals surface area contributed by atoms with Crippen molar-refractivity contribution in [3.8, 4) is 5.75 Å². The summed E-state index contributed by atoms with van der Waals surface area (Å²) in [6.07, 6.45) is 3.36. The Morgan fingerprint density at radius 2 is 2.00 bits per heavy atom. The maximum atomic E-state index is 12.2. The Kier molecular flexibility index (Phi) is 6.76. The lowest BCUT2D eigenvalue weighted by molar-refractivity contribution is -0.115. The normalized spacial score (nSPS) is 10.8. The van der Waals surface area contributed by atoms with Crippen molar-refractivity contribution >= 4 is 22.4 Å². The number of unbranched alkanes of at least 4 members (excludes halogenated alkanes) is 1. The molecule has 0 aliphatic heterocycles. The molecule has 0 aliphatic rings.